The monoisotopic (exact) mass is 404 g/mol. The van der Waals surface area contributed by atoms with Crippen molar-refractivity contribution in [2.45, 2.75) is 25.7 Å². The Labute approximate surface area is 145 Å². The van der Waals surface area contributed by atoms with Crippen LogP contribution in [0.1, 0.15) is 18.2 Å². The lowest BCUT2D eigenvalue weighted by molar-refractivity contribution is -0.141. The van der Waals surface area contributed by atoms with E-state index in [9.17, 15) is 13.2 Å². The van der Waals surface area contributed by atoms with Gasteiger partial charge in [0, 0.05) is 23.1 Å². The van der Waals surface area contributed by atoms with Crippen molar-refractivity contribution in [2.24, 2.45) is 0 Å². The Hall–Kier alpha value is -1.87. The number of hydrogen-bond acceptors (Lipinski definition) is 5. The Balaban J connectivity index is 2.20. The van der Waals surface area contributed by atoms with Gasteiger partial charge in [-0.05, 0) is 24.6 Å². The molecule has 1 aromatic carbocycles. The molecule has 0 aliphatic carbocycles. The summed E-state index contributed by atoms with van der Waals surface area (Å²) in [5.74, 6) is -0.141. The normalized spacial score (nSPS) is 12.8. The molecule has 0 fully saturated rings. The molecule has 5 nitrogen and oxygen atoms in total. The Morgan fingerprint density at radius 2 is 1.88 bits per heavy atom. The number of aliphatic hydroxyl groups excluding tert-OH is 1. The molecule has 0 spiro atoms. The molecule has 1 heterocycles. The van der Waals surface area contributed by atoms with Gasteiger partial charge in [0.1, 0.15) is 5.82 Å². The van der Waals surface area contributed by atoms with Gasteiger partial charge in [0.25, 0.3) is 0 Å². The Morgan fingerprint density at radius 1 is 1.21 bits per heavy atom. The SMILES string of the molecule is C[C@@H](CO)Nc1nc(NCc2ccc(Br)cc2)cc(C(F)(F)F)n1. The zero-order chi connectivity index (χ0) is 17.7. The van der Waals surface area contributed by atoms with Crippen LogP contribution in [0.15, 0.2) is 34.8 Å². The summed E-state index contributed by atoms with van der Waals surface area (Å²) in [6.07, 6.45) is -4.59. The number of halogens is 4. The maximum Gasteiger partial charge on any atom is 0.433 e. The number of aliphatic hydroxyl groups is 1. The second-order valence-corrected chi connectivity index (χ2v) is 6.08. The highest BCUT2D eigenvalue weighted by Crippen LogP contribution is 2.29. The van der Waals surface area contributed by atoms with E-state index in [-0.39, 0.29) is 18.4 Å². The van der Waals surface area contributed by atoms with E-state index in [1.165, 1.54) is 0 Å². The van der Waals surface area contributed by atoms with Gasteiger partial charge in [0.15, 0.2) is 5.69 Å². The highest BCUT2D eigenvalue weighted by molar-refractivity contribution is 9.10. The minimum atomic E-state index is -4.59. The molecule has 9 heteroatoms. The first kappa shape index (κ1) is 18.5. The average molecular weight is 405 g/mol. The maximum absolute atomic E-state index is 13.0. The summed E-state index contributed by atoms with van der Waals surface area (Å²) in [6.45, 7) is 1.68. The van der Waals surface area contributed by atoms with E-state index in [0.717, 1.165) is 16.1 Å². The Morgan fingerprint density at radius 3 is 2.46 bits per heavy atom. The minimum absolute atomic E-state index is 0.0490. The molecule has 0 radical (unpaired) electrons. The molecule has 0 saturated carbocycles. The second-order valence-electron chi connectivity index (χ2n) is 5.17. The lowest BCUT2D eigenvalue weighted by Gasteiger charge is -2.15. The molecule has 0 saturated heterocycles. The molecule has 1 aromatic heterocycles. The van der Waals surface area contributed by atoms with Crippen molar-refractivity contribution >= 4 is 27.7 Å². The van der Waals surface area contributed by atoms with Crippen molar-refractivity contribution in [1.29, 1.82) is 0 Å². The van der Waals surface area contributed by atoms with Gasteiger partial charge in [0.05, 0.1) is 6.61 Å². The summed E-state index contributed by atoms with van der Waals surface area (Å²) in [5, 5.41) is 14.5. The summed E-state index contributed by atoms with van der Waals surface area (Å²) in [5.41, 5.74) is -0.160. The third-order valence-corrected chi connectivity index (χ3v) is 3.58. The minimum Gasteiger partial charge on any atom is -0.394 e. The van der Waals surface area contributed by atoms with Crippen molar-refractivity contribution in [2.75, 3.05) is 17.2 Å². The standard InChI is InChI=1S/C15H16BrF3N4O/c1-9(8-24)21-14-22-12(15(17,18)19)6-13(23-14)20-7-10-2-4-11(16)5-3-10/h2-6,9,24H,7-8H2,1H3,(H2,20,21,22,23)/t9-/m0/s1. The van der Waals surface area contributed by atoms with Gasteiger partial charge >= 0.3 is 6.18 Å². The van der Waals surface area contributed by atoms with Crippen LogP contribution in [-0.2, 0) is 12.7 Å². The van der Waals surface area contributed by atoms with Gasteiger partial charge in [-0.15, -0.1) is 0 Å². The Bertz CT molecular complexity index is 679. The Kier molecular flexibility index (Phi) is 6.00. The number of anilines is 2. The lowest BCUT2D eigenvalue weighted by atomic mass is 10.2. The largest absolute Gasteiger partial charge is 0.433 e. The molecular formula is C15H16BrF3N4O. The van der Waals surface area contributed by atoms with Gasteiger partial charge in [-0.1, -0.05) is 28.1 Å². The number of hydrogen-bond donors (Lipinski definition) is 3. The van der Waals surface area contributed by atoms with E-state index in [2.05, 4.69) is 36.5 Å². The number of aromatic nitrogens is 2. The zero-order valence-corrected chi connectivity index (χ0v) is 14.3. The van der Waals surface area contributed by atoms with Gasteiger partial charge in [-0.25, -0.2) is 4.98 Å². The van der Waals surface area contributed by atoms with E-state index in [1.807, 2.05) is 24.3 Å². The number of benzene rings is 1. The molecule has 0 bridgehead atoms. The highest BCUT2D eigenvalue weighted by atomic mass is 79.9. The number of nitrogens with zero attached hydrogens (tertiary/aromatic N) is 2. The van der Waals surface area contributed by atoms with E-state index in [0.29, 0.717) is 6.54 Å². The van der Waals surface area contributed by atoms with E-state index in [4.69, 9.17) is 5.11 Å². The van der Waals surface area contributed by atoms with Crippen LogP contribution in [0.4, 0.5) is 24.9 Å². The van der Waals surface area contributed by atoms with Crippen LogP contribution >= 0.6 is 15.9 Å². The van der Waals surface area contributed by atoms with Gasteiger partial charge in [-0.2, -0.15) is 18.2 Å². The molecule has 3 N–H and O–H groups in total. The first-order valence-electron chi connectivity index (χ1n) is 7.10. The molecular weight excluding hydrogens is 389 g/mol. The topological polar surface area (TPSA) is 70.1 Å². The van der Waals surface area contributed by atoms with Crippen LogP contribution in [0.2, 0.25) is 0 Å². The van der Waals surface area contributed by atoms with Crippen LogP contribution in [0.3, 0.4) is 0 Å². The highest BCUT2D eigenvalue weighted by Gasteiger charge is 2.33. The molecule has 0 unspecified atom stereocenters. The second kappa shape index (κ2) is 7.80. The first-order chi connectivity index (χ1) is 11.3. The number of alkyl halides is 3. The van der Waals surface area contributed by atoms with E-state index >= 15 is 0 Å². The molecule has 0 aliphatic rings. The van der Waals surface area contributed by atoms with Crippen LogP contribution < -0.4 is 10.6 Å². The van der Waals surface area contributed by atoms with Gasteiger partial charge in [0.2, 0.25) is 5.95 Å². The fraction of sp³-hybridized carbons (Fsp3) is 0.333. The predicted octanol–water partition coefficient (Wildman–Crippen LogP) is 3.66. The first-order valence-corrected chi connectivity index (χ1v) is 7.89. The summed E-state index contributed by atoms with van der Waals surface area (Å²) < 4.78 is 39.8. The summed E-state index contributed by atoms with van der Waals surface area (Å²) in [7, 11) is 0. The van der Waals surface area contributed by atoms with Gasteiger partial charge < -0.3 is 15.7 Å². The molecule has 1 atom stereocenters. The maximum atomic E-state index is 13.0. The van der Waals surface area contributed by atoms with Crippen molar-refractivity contribution in [1.82, 2.24) is 9.97 Å². The molecule has 130 valence electrons. The molecule has 2 rings (SSSR count). The fourth-order valence-electron chi connectivity index (χ4n) is 1.81. The van der Waals surface area contributed by atoms with Crippen LogP contribution in [0.25, 0.3) is 0 Å². The predicted molar refractivity (Wildman–Crippen MR) is 88.7 cm³/mol. The fourth-order valence-corrected chi connectivity index (χ4v) is 2.07. The molecule has 0 amide bonds. The van der Waals surface area contributed by atoms with Crippen molar-refractivity contribution in [3.05, 3.63) is 46.1 Å². The summed E-state index contributed by atoms with van der Waals surface area (Å²) in [4.78, 5) is 7.47. The van der Waals surface area contributed by atoms with Crippen LogP contribution in [-0.4, -0.2) is 27.7 Å². The summed E-state index contributed by atoms with van der Waals surface area (Å²) >= 11 is 3.32. The smallest absolute Gasteiger partial charge is 0.394 e. The van der Waals surface area contributed by atoms with Crippen molar-refractivity contribution < 1.29 is 18.3 Å². The molecule has 0 aliphatic heterocycles. The average Bonchev–Trinajstić information content (AvgIpc) is 2.53. The number of rotatable bonds is 6. The van der Waals surface area contributed by atoms with Crippen LogP contribution in [0, 0.1) is 0 Å². The van der Waals surface area contributed by atoms with Crippen molar-refractivity contribution in [3.63, 3.8) is 0 Å². The van der Waals surface area contributed by atoms with Crippen LogP contribution in [0.5, 0.6) is 0 Å². The zero-order valence-electron chi connectivity index (χ0n) is 12.7. The number of nitrogens with one attached hydrogen (secondary N) is 2. The van der Waals surface area contributed by atoms with E-state index in [1.54, 1.807) is 6.92 Å². The molecule has 2 aromatic rings. The lowest BCUT2D eigenvalue weighted by Crippen LogP contribution is -2.22. The summed E-state index contributed by atoms with van der Waals surface area (Å²) in [6, 6.07) is 7.76. The third-order valence-electron chi connectivity index (χ3n) is 3.05. The van der Waals surface area contributed by atoms with Crippen molar-refractivity contribution in [3.8, 4) is 0 Å². The molecule has 24 heavy (non-hydrogen) atoms. The quantitative estimate of drug-likeness (QED) is 0.685. The third kappa shape index (κ3) is 5.34. The van der Waals surface area contributed by atoms with E-state index < -0.39 is 17.9 Å². The van der Waals surface area contributed by atoms with Gasteiger partial charge in [-0.3, -0.25) is 0 Å².